The number of benzene rings is 1. The first-order valence-electron chi connectivity index (χ1n) is 6.99. The summed E-state index contributed by atoms with van der Waals surface area (Å²) in [6.45, 7) is 4.90. The summed E-state index contributed by atoms with van der Waals surface area (Å²) < 4.78 is 13.8. The Bertz CT molecular complexity index is 617. The van der Waals surface area contributed by atoms with E-state index in [1.165, 1.54) is 6.07 Å². The summed E-state index contributed by atoms with van der Waals surface area (Å²) >= 11 is 0. The molecule has 1 aromatic heterocycles. The molecule has 0 aliphatic carbocycles. The number of nitrogens with two attached hydrogens (primary N) is 1. The first kappa shape index (κ1) is 13.6. The molecule has 2 N–H and O–H groups in total. The van der Waals surface area contributed by atoms with Crippen LogP contribution in [0.1, 0.15) is 5.82 Å². The van der Waals surface area contributed by atoms with Crippen molar-refractivity contribution < 1.29 is 4.39 Å². The molecule has 1 aliphatic heterocycles. The third-order valence-corrected chi connectivity index (χ3v) is 3.64. The van der Waals surface area contributed by atoms with E-state index in [9.17, 15) is 4.39 Å². The molecular weight excluding hydrogens is 269 g/mol. The molecular formula is C15H18FN5. The average Bonchev–Trinajstić information content (AvgIpc) is 2.47. The fourth-order valence-electron chi connectivity index (χ4n) is 2.62. The second kappa shape index (κ2) is 5.55. The number of para-hydroxylation sites is 1. The molecule has 6 heteroatoms. The van der Waals surface area contributed by atoms with Crippen molar-refractivity contribution >= 4 is 17.3 Å². The van der Waals surface area contributed by atoms with Crippen molar-refractivity contribution in [1.82, 2.24) is 9.97 Å². The lowest BCUT2D eigenvalue weighted by molar-refractivity contribution is 0.596. The molecule has 1 fully saturated rings. The van der Waals surface area contributed by atoms with E-state index < -0.39 is 0 Å². The Labute approximate surface area is 123 Å². The molecule has 1 saturated heterocycles. The number of hydrogen-bond donors (Lipinski definition) is 1. The lowest BCUT2D eigenvalue weighted by Gasteiger charge is -2.36. The van der Waals surface area contributed by atoms with Crippen LogP contribution < -0.4 is 15.5 Å². The Hall–Kier alpha value is -2.37. The Balaban J connectivity index is 1.72. The molecule has 0 unspecified atom stereocenters. The van der Waals surface area contributed by atoms with Gasteiger partial charge in [0.15, 0.2) is 0 Å². The van der Waals surface area contributed by atoms with Crippen molar-refractivity contribution in [3.8, 4) is 0 Å². The van der Waals surface area contributed by atoms with E-state index in [1.807, 2.05) is 19.1 Å². The number of aryl methyl sites for hydroxylation is 1. The van der Waals surface area contributed by atoms with Gasteiger partial charge in [-0.25, -0.2) is 14.4 Å². The number of nitrogen functional groups attached to an aromatic ring is 1. The second-order valence-corrected chi connectivity index (χ2v) is 5.12. The zero-order valence-electron chi connectivity index (χ0n) is 12.0. The monoisotopic (exact) mass is 287 g/mol. The summed E-state index contributed by atoms with van der Waals surface area (Å²) in [6, 6.07) is 8.67. The van der Waals surface area contributed by atoms with Gasteiger partial charge in [-0.15, -0.1) is 0 Å². The van der Waals surface area contributed by atoms with Gasteiger partial charge >= 0.3 is 0 Å². The Morgan fingerprint density at radius 3 is 2.38 bits per heavy atom. The molecule has 0 amide bonds. The number of nitrogens with zero attached hydrogens (tertiary/aromatic N) is 4. The molecule has 1 aromatic carbocycles. The first-order valence-corrected chi connectivity index (χ1v) is 6.99. The molecule has 0 spiro atoms. The molecule has 3 rings (SSSR count). The minimum absolute atomic E-state index is 0.173. The quantitative estimate of drug-likeness (QED) is 0.913. The maximum absolute atomic E-state index is 13.8. The molecule has 0 saturated carbocycles. The van der Waals surface area contributed by atoms with Crippen molar-refractivity contribution in [2.45, 2.75) is 6.92 Å². The Morgan fingerprint density at radius 2 is 1.71 bits per heavy atom. The van der Waals surface area contributed by atoms with Gasteiger partial charge in [-0.1, -0.05) is 12.1 Å². The van der Waals surface area contributed by atoms with Gasteiger partial charge in [-0.05, 0) is 19.1 Å². The molecule has 110 valence electrons. The highest BCUT2D eigenvalue weighted by molar-refractivity contribution is 5.52. The number of piperazine rings is 1. The highest BCUT2D eigenvalue weighted by Crippen LogP contribution is 2.22. The standard InChI is InChI=1S/C15H18FN5/c1-11-18-14(17)10-15(19-11)21-8-6-20(7-9-21)13-5-3-2-4-12(13)16/h2-5,10H,6-9H2,1H3,(H2,17,18,19). The van der Waals surface area contributed by atoms with Gasteiger partial charge < -0.3 is 15.5 Å². The third-order valence-electron chi connectivity index (χ3n) is 3.64. The minimum atomic E-state index is -0.173. The van der Waals surface area contributed by atoms with Gasteiger partial charge in [0.1, 0.15) is 23.3 Å². The van der Waals surface area contributed by atoms with Crippen molar-refractivity contribution in [2.24, 2.45) is 0 Å². The largest absolute Gasteiger partial charge is 0.384 e. The molecule has 0 atom stereocenters. The first-order chi connectivity index (χ1) is 10.1. The van der Waals surface area contributed by atoms with E-state index in [-0.39, 0.29) is 5.82 Å². The van der Waals surface area contributed by atoms with Crippen molar-refractivity contribution in [3.63, 3.8) is 0 Å². The van der Waals surface area contributed by atoms with Crippen LogP contribution in [0, 0.1) is 12.7 Å². The minimum Gasteiger partial charge on any atom is -0.384 e. The number of rotatable bonds is 2. The predicted molar refractivity (Wildman–Crippen MR) is 82.0 cm³/mol. The van der Waals surface area contributed by atoms with Crippen molar-refractivity contribution in [2.75, 3.05) is 41.7 Å². The Morgan fingerprint density at radius 1 is 1.05 bits per heavy atom. The maximum atomic E-state index is 13.8. The van der Waals surface area contributed by atoms with Crippen LogP contribution in [0.2, 0.25) is 0 Å². The summed E-state index contributed by atoms with van der Waals surface area (Å²) in [5.41, 5.74) is 6.43. The van der Waals surface area contributed by atoms with E-state index in [2.05, 4.69) is 19.8 Å². The summed E-state index contributed by atoms with van der Waals surface area (Å²) in [5.74, 6) is 1.82. The number of anilines is 3. The molecule has 5 nitrogen and oxygen atoms in total. The predicted octanol–water partition coefficient (Wildman–Crippen LogP) is 1.83. The zero-order valence-corrected chi connectivity index (χ0v) is 12.0. The fraction of sp³-hybridized carbons (Fsp3) is 0.333. The van der Waals surface area contributed by atoms with Gasteiger partial charge in [0, 0.05) is 32.2 Å². The number of hydrogen-bond acceptors (Lipinski definition) is 5. The summed E-state index contributed by atoms with van der Waals surface area (Å²) in [4.78, 5) is 12.7. The normalized spacial score (nSPS) is 15.3. The fourth-order valence-corrected chi connectivity index (χ4v) is 2.62. The average molecular weight is 287 g/mol. The van der Waals surface area contributed by atoms with Gasteiger partial charge in [0.25, 0.3) is 0 Å². The third kappa shape index (κ3) is 2.89. The molecule has 0 bridgehead atoms. The molecule has 2 aromatic rings. The van der Waals surface area contributed by atoms with Crippen LogP contribution in [0.15, 0.2) is 30.3 Å². The van der Waals surface area contributed by atoms with Gasteiger partial charge in [-0.2, -0.15) is 0 Å². The van der Waals surface area contributed by atoms with E-state index in [0.717, 1.165) is 32.0 Å². The molecule has 21 heavy (non-hydrogen) atoms. The molecule has 1 aliphatic rings. The van der Waals surface area contributed by atoms with E-state index in [0.29, 0.717) is 17.3 Å². The van der Waals surface area contributed by atoms with Crippen molar-refractivity contribution in [1.29, 1.82) is 0 Å². The highest BCUT2D eigenvalue weighted by atomic mass is 19.1. The van der Waals surface area contributed by atoms with Crippen LogP contribution in [0.4, 0.5) is 21.7 Å². The SMILES string of the molecule is Cc1nc(N)cc(N2CCN(c3ccccc3F)CC2)n1. The van der Waals surface area contributed by atoms with E-state index >= 15 is 0 Å². The van der Waals surface area contributed by atoms with Gasteiger partial charge in [0.05, 0.1) is 5.69 Å². The van der Waals surface area contributed by atoms with Crippen LogP contribution in [0.25, 0.3) is 0 Å². The van der Waals surface area contributed by atoms with Crippen LogP contribution in [-0.2, 0) is 0 Å². The highest BCUT2D eigenvalue weighted by Gasteiger charge is 2.20. The maximum Gasteiger partial charge on any atom is 0.146 e. The Kier molecular flexibility index (Phi) is 3.60. The smallest absolute Gasteiger partial charge is 0.146 e. The number of halogens is 1. The van der Waals surface area contributed by atoms with E-state index in [1.54, 1.807) is 12.1 Å². The van der Waals surface area contributed by atoms with Crippen LogP contribution in [0.5, 0.6) is 0 Å². The van der Waals surface area contributed by atoms with Crippen LogP contribution in [0.3, 0.4) is 0 Å². The second-order valence-electron chi connectivity index (χ2n) is 5.12. The lowest BCUT2D eigenvalue weighted by atomic mass is 10.2. The van der Waals surface area contributed by atoms with Crippen LogP contribution >= 0.6 is 0 Å². The summed E-state index contributed by atoms with van der Waals surface area (Å²) in [5, 5.41) is 0. The van der Waals surface area contributed by atoms with Crippen molar-refractivity contribution in [3.05, 3.63) is 42.0 Å². The lowest BCUT2D eigenvalue weighted by Crippen LogP contribution is -2.47. The number of aromatic nitrogens is 2. The van der Waals surface area contributed by atoms with Crippen LogP contribution in [-0.4, -0.2) is 36.1 Å². The zero-order chi connectivity index (χ0) is 14.8. The topological polar surface area (TPSA) is 58.3 Å². The van der Waals surface area contributed by atoms with Gasteiger partial charge in [-0.3, -0.25) is 0 Å². The summed E-state index contributed by atoms with van der Waals surface area (Å²) in [7, 11) is 0. The van der Waals surface area contributed by atoms with E-state index in [4.69, 9.17) is 5.73 Å². The summed E-state index contributed by atoms with van der Waals surface area (Å²) in [6.07, 6.45) is 0. The van der Waals surface area contributed by atoms with Gasteiger partial charge in [0.2, 0.25) is 0 Å². The molecule has 2 heterocycles. The molecule has 0 radical (unpaired) electrons.